The number of aryl methyl sites for hydroxylation is 1. The van der Waals surface area contributed by atoms with Gasteiger partial charge in [0.15, 0.2) is 0 Å². The van der Waals surface area contributed by atoms with E-state index in [1.807, 2.05) is 25.3 Å². The number of nitrogens with one attached hydrogen (secondary N) is 1. The third-order valence-corrected chi connectivity index (χ3v) is 3.24. The first-order chi connectivity index (χ1) is 7.66. The Hall–Kier alpha value is -1.35. The molecule has 84 valence electrons. The molecule has 2 rings (SSSR count). The van der Waals surface area contributed by atoms with Crippen LogP contribution in [-0.4, -0.2) is 0 Å². The summed E-state index contributed by atoms with van der Waals surface area (Å²) >= 11 is 1.65. The molecule has 1 heterocycles. The predicted octanol–water partition coefficient (Wildman–Crippen LogP) is 4.37. The molecule has 0 aliphatic carbocycles. The maximum Gasteiger partial charge on any atom is 0.146 e. The molecular formula is C13H14FNS. The van der Waals surface area contributed by atoms with Crippen LogP contribution in [0, 0.1) is 12.7 Å². The van der Waals surface area contributed by atoms with Crippen molar-refractivity contribution < 1.29 is 4.39 Å². The van der Waals surface area contributed by atoms with E-state index >= 15 is 0 Å². The van der Waals surface area contributed by atoms with Crippen molar-refractivity contribution in [3.05, 3.63) is 52.0 Å². The number of benzene rings is 1. The van der Waals surface area contributed by atoms with Gasteiger partial charge >= 0.3 is 0 Å². The topological polar surface area (TPSA) is 12.0 Å². The second-order valence-corrected chi connectivity index (χ2v) is 4.69. The standard InChI is InChI=1S/C13H14FNS/c1-9-3-4-13(12(14)7-9)15-10(2)11-5-6-16-8-11/h3-8,10,15H,1-2H3. The lowest BCUT2D eigenvalue weighted by atomic mass is 10.1. The van der Waals surface area contributed by atoms with Crippen molar-refractivity contribution in [1.82, 2.24) is 0 Å². The van der Waals surface area contributed by atoms with Crippen LogP contribution >= 0.6 is 11.3 Å². The minimum absolute atomic E-state index is 0.128. The molecule has 1 aromatic carbocycles. The summed E-state index contributed by atoms with van der Waals surface area (Å²) in [5.74, 6) is -0.193. The van der Waals surface area contributed by atoms with E-state index in [0.29, 0.717) is 5.69 Å². The minimum atomic E-state index is -0.193. The van der Waals surface area contributed by atoms with Crippen molar-refractivity contribution in [3.8, 4) is 0 Å². The van der Waals surface area contributed by atoms with E-state index in [1.54, 1.807) is 23.5 Å². The van der Waals surface area contributed by atoms with Crippen LogP contribution in [-0.2, 0) is 0 Å². The molecule has 0 fully saturated rings. The van der Waals surface area contributed by atoms with Crippen molar-refractivity contribution in [2.45, 2.75) is 19.9 Å². The van der Waals surface area contributed by atoms with Gasteiger partial charge in [-0.2, -0.15) is 11.3 Å². The van der Waals surface area contributed by atoms with Crippen LogP contribution < -0.4 is 5.32 Å². The highest BCUT2D eigenvalue weighted by atomic mass is 32.1. The fourth-order valence-electron chi connectivity index (χ4n) is 1.58. The van der Waals surface area contributed by atoms with Gasteiger partial charge in [-0.3, -0.25) is 0 Å². The Morgan fingerprint density at radius 3 is 2.75 bits per heavy atom. The Labute approximate surface area is 98.9 Å². The summed E-state index contributed by atoms with van der Waals surface area (Å²) in [6.07, 6.45) is 0. The number of hydrogen-bond donors (Lipinski definition) is 1. The van der Waals surface area contributed by atoms with E-state index in [1.165, 1.54) is 5.56 Å². The molecule has 1 N–H and O–H groups in total. The summed E-state index contributed by atoms with van der Waals surface area (Å²) in [6.45, 7) is 3.91. The molecule has 0 saturated carbocycles. The third-order valence-electron chi connectivity index (χ3n) is 2.54. The molecule has 2 aromatic rings. The normalized spacial score (nSPS) is 12.4. The average molecular weight is 235 g/mol. The minimum Gasteiger partial charge on any atom is -0.376 e. The Morgan fingerprint density at radius 2 is 2.12 bits per heavy atom. The van der Waals surface area contributed by atoms with E-state index in [0.717, 1.165) is 5.56 Å². The molecule has 0 bridgehead atoms. The molecule has 0 saturated heterocycles. The van der Waals surface area contributed by atoms with E-state index in [9.17, 15) is 4.39 Å². The number of anilines is 1. The maximum absolute atomic E-state index is 13.6. The lowest BCUT2D eigenvalue weighted by molar-refractivity contribution is 0.626. The van der Waals surface area contributed by atoms with E-state index < -0.39 is 0 Å². The largest absolute Gasteiger partial charge is 0.376 e. The summed E-state index contributed by atoms with van der Waals surface area (Å²) < 4.78 is 13.6. The molecule has 0 radical (unpaired) electrons. The first-order valence-electron chi connectivity index (χ1n) is 5.21. The second-order valence-electron chi connectivity index (χ2n) is 3.91. The number of thiophene rings is 1. The molecule has 0 aliphatic rings. The van der Waals surface area contributed by atoms with Crippen LogP contribution in [0.5, 0.6) is 0 Å². The van der Waals surface area contributed by atoms with Crippen LogP contribution in [0.4, 0.5) is 10.1 Å². The first-order valence-corrected chi connectivity index (χ1v) is 6.16. The van der Waals surface area contributed by atoms with Gasteiger partial charge < -0.3 is 5.32 Å². The molecular weight excluding hydrogens is 221 g/mol. The lowest BCUT2D eigenvalue weighted by Gasteiger charge is -2.14. The van der Waals surface area contributed by atoms with E-state index in [-0.39, 0.29) is 11.9 Å². The summed E-state index contributed by atoms with van der Waals surface area (Å²) in [5, 5.41) is 7.27. The zero-order valence-electron chi connectivity index (χ0n) is 9.33. The second kappa shape index (κ2) is 4.66. The van der Waals surface area contributed by atoms with Crippen molar-refractivity contribution in [2.75, 3.05) is 5.32 Å². The molecule has 0 amide bonds. The highest BCUT2D eigenvalue weighted by Gasteiger charge is 2.08. The first kappa shape index (κ1) is 11.1. The van der Waals surface area contributed by atoms with Gasteiger partial charge in [-0.25, -0.2) is 4.39 Å². The Morgan fingerprint density at radius 1 is 1.31 bits per heavy atom. The van der Waals surface area contributed by atoms with Crippen molar-refractivity contribution in [3.63, 3.8) is 0 Å². The monoisotopic (exact) mass is 235 g/mol. The van der Waals surface area contributed by atoms with Gasteiger partial charge in [0.25, 0.3) is 0 Å². The van der Waals surface area contributed by atoms with Crippen molar-refractivity contribution in [1.29, 1.82) is 0 Å². The highest BCUT2D eigenvalue weighted by Crippen LogP contribution is 2.23. The molecule has 3 heteroatoms. The number of rotatable bonds is 3. The number of halogens is 1. The number of hydrogen-bond acceptors (Lipinski definition) is 2. The summed E-state index contributed by atoms with van der Waals surface area (Å²) in [5.41, 5.74) is 2.68. The van der Waals surface area contributed by atoms with Crippen LogP contribution in [0.15, 0.2) is 35.0 Å². The molecule has 1 nitrogen and oxygen atoms in total. The molecule has 1 atom stereocenters. The summed E-state index contributed by atoms with van der Waals surface area (Å²) in [6, 6.07) is 7.42. The van der Waals surface area contributed by atoms with Gasteiger partial charge in [-0.15, -0.1) is 0 Å². The van der Waals surface area contributed by atoms with Crippen molar-refractivity contribution in [2.24, 2.45) is 0 Å². The zero-order chi connectivity index (χ0) is 11.5. The maximum atomic E-state index is 13.6. The van der Waals surface area contributed by atoms with Crippen LogP contribution in [0.2, 0.25) is 0 Å². The molecule has 0 aliphatic heterocycles. The fourth-order valence-corrected chi connectivity index (χ4v) is 2.33. The predicted molar refractivity (Wildman–Crippen MR) is 67.5 cm³/mol. The zero-order valence-corrected chi connectivity index (χ0v) is 10.1. The van der Waals surface area contributed by atoms with Crippen LogP contribution in [0.25, 0.3) is 0 Å². The van der Waals surface area contributed by atoms with E-state index in [4.69, 9.17) is 0 Å². The quantitative estimate of drug-likeness (QED) is 0.833. The Balaban J connectivity index is 2.15. The van der Waals surface area contributed by atoms with Gasteiger partial charge in [0.2, 0.25) is 0 Å². The third kappa shape index (κ3) is 2.42. The molecule has 1 unspecified atom stereocenters. The summed E-state index contributed by atoms with van der Waals surface area (Å²) in [7, 11) is 0. The van der Waals surface area contributed by atoms with Crippen LogP contribution in [0.3, 0.4) is 0 Å². The molecule has 0 spiro atoms. The van der Waals surface area contributed by atoms with E-state index in [2.05, 4.69) is 16.8 Å². The lowest BCUT2D eigenvalue weighted by Crippen LogP contribution is -2.06. The fraction of sp³-hybridized carbons (Fsp3) is 0.231. The summed E-state index contributed by atoms with van der Waals surface area (Å²) in [4.78, 5) is 0. The molecule has 16 heavy (non-hydrogen) atoms. The Kier molecular flexibility index (Phi) is 3.25. The van der Waals surface area contributed by atoms with Gasteiger partial charge in [-0.05, 0) is 53.9 Å². The highest BCUT2D eigenvalue weighted by molar-refractivity contribution is 7.07. The van der Waals surface area contributed by atoms with Crippen molar-refractivity contribution >= 4 is 17.0 Å². The molecule has 1 aromatic heterocycles. The average Bonchev–Trinajstić information content (AvgIpc) is 2.75. The van der Waals surface area contributed by atoms with Gasteiger partial charge in [0, 0.05) is 6.04 Å². The smallest absolute Gasteiger partial charge is 0.146 e. The Bertz CT molecular complexity index is 465. The van der Waals surface area contributed by atoms with Crippen LogP contribution in [0.1, 0.15) is 24.1 Å². The van der Waals surface area contributed by atoms with Gasteiger partial charge in [0.1, 0.15) is 5.82 Å². The van der Waals surface area contributed by atoms with Gasteiger partial charge in [0.05, 0.1) is 5.69 Å². The SMILES string of the molecule is Cc1ccc(NC(C)c2ccsc2)c(F)c1. The van der Waals surface area contributed by atoms with Gasteiger partial charge in [-0.1, -0.05) is 6.07 Å².